The molecule has 27 heavy (non-hydrogen) atoms. The molecule has 4 rings (SSSR count). The van der Waals surface area contributed by atoms with E-state index in [0.29, 0.717) is 23.9 Å². The van der Waals surface area contributed by atoms with Crippen molar-refractivity contribution in [3.63, 3.8) is 0 Å². The van der Waals surface area contributed by atoms with Gasteiger partial charge in [-0.2, -0.15) is 0 Å². The van der Waals surface area contributed by atoms with Gasteiger partial charge in [0.05, 0.1) is 5.03 Å². The molecule has 2 heterocycles. The summed E-state index contributed by atoms with van der Waals surface area (Å²) in [5.74, 6) is -0.745. The zero-order valence-electron chi connectivity index (χ0n) is 14.4. The number of fused-ring (bicyclic) bond motifs is 1. The fraction of sp³-hybridized carbons (Fsp3) is 0.143. The van der Waals surface area contributed by atoms with Crippen molar-refractivity contribution < 1.29 is 13.5 Å². The van der Waals surface area contributed by atoms with Gasteiger partial charge in [0, 0.05) is 42.6 Å². The first-order chi connectivity index (χ1) is 13.1. The first-order valence-corrected chi connectivity index (χ1v) is 8.91. The van der Waals surface area contributed by atoms with Crippen molar-refractivity contribution in [2.24, 2.45) is 0 Å². The van der Waals surface area contributed by atoms with Gasteiger partial charge in [0.2, 0.25) is 0 Å². The van der Waals surface area contributed by atoms with Gasteiger partial charge in [0.1, 0.15) is 24.0 Å². The highest BCUT2D eigenvalue weighted by Gasteiger charge is 2.15. The molecule has 0 radical (unpaired) electrons. The summed E-state index contributed by atoms with van der Waals surface area (Å²) < 4.78 is 32.3. The molecule has 0 aliphatic carbocycles. The van der Waals surface area contributed by atoms with E-state index in [2.05, 4.69) is 28.1 Å². The molecular weight excluding hydrogens is 370 g/mol. The van der Waals surface area contributed by atoms with Crippen LogP contribution >= 0.6 is 11.6 Å². The lowest BCUT2D eigenvalue weighted by Gasteiger charge is -2.24. The summed E-state index contributed by atoms with van der Waals surface area (Å²) in [7, 11) is 0. The van der Waals surface area contributed by atoms with E-state index >= 15 is 0 Å². The number of aromatic amines is 1. The van der Waals surface area contributed by atoms with Gasteiger partial charge in [-0.05, 0) is 47.4 Å². The van der Waals surface area contributed by atoms with Crippen LogP contribution in [-0.2, 0) is 17.9 Å². The number of rotatable bonds is 5. The Labute approximate surface area is 160 Å². The molecule has 0 atom stereocenters. The molecule has 1 N–H and O–H groups in total. The van der Waals surface area contributed by atoms with Crippen molar-refractivity contribution >= 4 is 22.5 Å². The fourth-order valence-electron chi connectivity index (χ4n) is 3.04. The zero-order chi connectivity index (χ0) is 18.8. The molecule has 3 nitrogen and oxygen atoms in total. The number of allylic oxidation sites excluding steroid dienone is 1. The first-order valence-electron chi connectivity index (χ1n) is 8.53. The van der Waals surface area contributed by atoms with Crippen molar-refractivity contribution in [3.8, 4) is 0 Å². The molecule has 1 aliphatic heterocycles. The number of hydrogen-bond donors (Lipinski definition) is 1. The molecule has 0 spiro atoms. The van der Waals surface area contributed by atoms with E-state index in [-0.39, 0.29) is 12.2 Å². The molecule has 138 valence electrons. The highest BCUT2D eigenvalue weighted by molar-refractivity contribution is 6.31. The Kier molecular flexibility index (Phi) is 4.86. The second-order valence-electron chi connectivity index (χ2n) is 6.40. The molecule has 1 aromatic heterocycles. The SMILES string of the molecule is Fc1ccc(COC2=CCN(Cc3ccc4[nH]ccc4c3)C=C2Cl)c(F)c1. The van der Waals surface area contributed by atoms with Crippen LogP contribution in [0, 0.1) is 11.6 Å². The molecule has 0 amide bonds. The summed E-state index contributed by atoms with van der Waals surface area (Å²) in [6, 6.07) is 11.7. The minimum Gasteiger partial charge on any atom is -0.487 e. The number of hydrogen-bond acceptors (Lipinski definition) is 2. The Hall–Kier alpha value is -2.79. The lowest BCUT2D eigenvalue weighted by Crippen LogP contribution is -2.21. The highest BCUT2D eigenvalue weighted by Crippen LogP contribution is 2.25. The van der Waals surface area contributed by atoms with E-state index in [1.165, 1.54) is 23.1 Å². The molecule has 0 saturated heterocycles. The Morgan fingerprint density at radius 3 is 2.81 bits per heavy atom. The summed E-state index contributed by atoms with van der Waals surface area (Å²) in [6.45, 7) is 1.34. The van der Waals surface area contributed by atoms with Crippen LogP contribution < -0.4 is 0 Å². The van der Waals surface area contributed by atoms with Crippen LogP contribution in [0.5, 0.6) is 0 Å². The molecule has 0 unspecified atom stereocenters. The minimum absolute atomic E-state index is 0.00777. The molecule has 1 aliphatic rings. The third kappa shape index (κ3) is 3.98. The van der Waals surface area contributed by atoms with Gasteiger partial charge in [0.25, 0.3) is 0 Å². The van der Waals surface area contributed by atoms with Gasteiger partial charge < -0.3 is 14.6 Å². The number of benzene rings is 2. The van der Waals surface area contributed by atoms with E-state index in [0.717, 1.165) is 11.6 Å². The van der Waals surface area contributed by atoms with E-state index in [9.17, 15) is 8.78 Å². The number of ether oxygens (including phenoxy) is 1. The third-order valence-electron chi connectivity index (χ3n) is 4.44. The lowest BCUT2D eigenvalue weighted by atomic mass is 10.1. The average molecular weight is 387 g/mol. The van der Waals surface area contributed by atoms with Crippen LogP contribution in [0.15, 0.2) is 71.7 Å². The van der Waals surface area contributed by atoms with Crippen LogP contribution in [0.3, 0.4) is 0 Å². The smallest absolute Gasteiger partial charge is 0.137 e. The maximum atomic E-state index is 13.7. The van der Waals surface area contributed by atoms with Gasteiger partial charge >= 0.3 is 0 Å². The summed E-state index contributed by atoms with van der Waals surface area (Å²) in [6.07, 6.45) is 5.60. The van der Waals surface area contributed by atoms with Crippen molar-refractivity contribution in [1.29, 1.82) is 0 Å². The predicted octanol–water partition coefficient (Wildman–Crippen LogP) is 5.44. The number of aromatic nitrogens is 1. The second-order valence-corrected chi connectivity index (χ2v) is 6.81. The summed E-state index contributed by atoms with van der Waals surface area (Å²) >= 11 is 6.32. The summed E-state index contributed by atoms with van der Waals surface area (Å²) in [5, 5.41) is 1.62. The monoisotopic (exact) mass is 386 g/mol. The molecule has 6 heteroatoms. The van der Waals surface area contributed by atoms with E-state index in [4.69, 9.17) is 16.3 Å². The maximum Gasteiger partial charge on any atom is 0.137 e. The predicted molar refractivity (Wildman–Crippen MR) is 102 cm³/mol. The van der Waals surface area contributed by atoms with Gasteiger partial charge in [-0.3, -0.25) is 0 Å². The first kappa shape index (κ1) is 17.6. The van der Waals surface area contributed by atoms with Crippen LogP contribution in [0.25, 0.3) is 10.9 Å². The van der Waals surface area contributed by atoms with E-state index < -0.39 is 11.6 Å². The van der Waals surface area contributed by atoms with Gasteiger partial charge in [-0.1, -0.05) is 17.7 Å². The van der Waals surface area contributed by atoms with Crippen LogP contribution in [0.2, 0.25) is 0 Å². The quantitative estimate of drug-likeness (QED) is 0.632. The topological polar surface area (TPSA) is 28.3 Å². The molecule has 0 saturated carbocycles. The number of nitrogens with zero attached hydrogens (tertiary/aromatic N) is 1. The van der Waals surface area contributed by atoms with Crippen molar-refractivity contribution in [2.75, 3.05) is 6.54 Å². The largest absolute Gasteiger partial charge is 0.487 e. The summed E-state index contributed by atoms with van der Waals surface area (Å²) in [4.78, 5) is 5.25. The van der Waals surface area contributed by atoms with Crippen LogP contribution in [0.1, 0.15) is 11.1 Å². The highest BCUT2D eigenvalue weighted by atomic mass is 35.5. The van der Waals surface area contributed by atoms with Gasteiger partial charge in [-0.25, -0.2) is 8.78 Å². The van der Waals surface area contributed by atoms with Crippen LogP contribution in [0.4, 0.5) is 8.78 Å². The Morgan fingerprint density at radius 2 is 2.00 bits per heavy atom. The Balaban J connectivity index is 1.39. The Morgan fingerprint density at radius 1 is 1.11 bits per heavy atom. The van der Waals surface area contributed by atoms with E-state index in [1.807, 2.05) is 24.5 Å². The number of H-pyrrole nitrogens is 1. The molecule has 3 aromatic rings. The number of halogens is 3. The molecule has 0 bridgehead atoms. The summed E-state index contributed by atoms with van der Waals surface area (Å²) in [5.41, 5.74) is 2.56. The second kappa shape index (κ2) is 7.45. The van der Waals surface area contributed by atoms with Crippen LogP contribution in [-0.4, -0.2) is 16.4 Å². The van der Waals surface area contributed by atoms with Gasteiger partial charge in [0.15, 0.2) is 0 Å². The lowest BCUT2D eigenvalue weighted by molar-refractivity contribution is 0.199. The zero-order valence-corrected chi connectivity index (χ0v) is 15.1. The van der Waals surface area contributed by atoms with Crippen molar-refractivity contribution in [1.82, 2.24) is 9.88 Å². The van der Waals surface area contributed by atoms with Crippen molar-refractivity contribution in [2.45, 2.75) is 13.2 Å². The molecular formula is C21H17ClF2N2O. The minimum atomic E-state index is -0.631. The fourth-order valence-corrected chi connectivity index (χ4v) is 3.31. The Bertz CT molecular complexity index is 1040. The van der Waals surface area contributed by atoms with Gasteiger partial charge in [-0.15, -0.1) is 0 Å². The maximum absolute atomic E-state index is 13.7. The standard InChI is InChI=1S/C21H17ClF2N2O/c22-18-12-26(11-14-1-4-20-15(9-14)5-7-25-20)8-6-21(18)27-13-16-2-3-17(23)10-19(16)24/h1-7,9-10,12,25H,8,11,13H2. The third-order valence-corrected chi connectivity index (χ3v) is 4.73. The van der Waals surface area contributed by atoms with Crippen molar-refractivity contribution in [3.05, 3.63) is 94.5 Å². The number of nitrogens with one attached hydrogen (secondary N) is 1. The molecule has 0 fully saturated rings. The molecule has 2 aromatic carbocycles. The average Bonchev–Trinajstić information content (AvgIpc) is 3.10. The normalized spacial score (nSPS) is 14.3. The van der Waals surface area contributed by atoms with E-state index in [1.54, 1.807) is 0 Å².